The SMILES string of the molecule is O=[N+]([O-])c1[c-]cc(Oc2ccccc2)cc1.[Y+3]. The monoisotopic (exact) mass is 303 g/mol. The molecule has 2 aromatic rings. The Bertz CT molecular complexity index is 485. The number of nitrogens with zero attached hydrogens (tertiary/aromatic N) is 1. The quantitative estimate of drug-likeness (QED) is 0.497. The van der Waals surface area contributed by atoms with Crippen LogP contribution >= 0.6 is 0 Å². The van der Waals surface area contributed by atoms with Crippen LogP contribution < -0.4 is 4.74 Å². The van der Waals surface area contributed by atoms with Crippen LogP contribution in [0.25, 0.3) is 0 Å². The number of ether oxygens (including phenoxy) is 1. The fourth-order valence-corrected chi connectivity index (χ4v) is 1.20. The topological polar surface area (TPSA) is 52.4 Å². The Morgan fingerprint density at radius 1 is 1.06 bits per heavy atom. The van der Waals surface area contributed by atoms with Crippen LogP contribution in [-0.4, -0.2) is 4.92 Å². The molecule has 0 bridgehead atoms. The van der Waals surface area contributed by atoms with Gasteiger partial charge in [-0.25, -0.2) is 0 Å². The third kappa shape index (κ3) is 3.91. The third-order valence-corrected chi connectivity index (χ3v) is 1.94. The summed E-state index contributed by atoms with van der Waals surface area (Å²) in [5.74, 6) is 1.21. The molecule has 0 aliphatic rings. The summed E-state index contributed by atoms with van der Waals surface area (Å²) in [6.45, 7) is 0. The van der Waals surface area contributed by atoms with E-state index in [4.69, 9.17) is 4.74 Å². The van der Waals surface area contributed by atoms with E-state index in [0.29, 0.717) is 11.5 Å². The summed E-state index contributed by atoms with van der Waals surface area (Å²) in [5.41, 5.74) is -0.0691. The van der Waals surface area contributed by atoms with Crippen LogP contribution in [0, 0.1) is 16.2 Å². The molecule has 0 atom stereocenters. The number of hydrogen-bond acceptors (Lipinski definition) is 3. The van der Waals surface area contributed by atoms with E-state index in [1.165, 1.54) is 12.1 Å². The van der Waals surface area contributed by atoms with Crippen LogP contribution in [0.1, 0.15) is 0 Å². The zero-order valence-corrected chi connectivity index (χ0v) is 11.7. The van der Waals surface area contributed by atoms with Gasteiger partial charge in [0.05, 0.1) is 0 Å². The van der Waals surface area contributed by atoms with E-state index in [2.05, 4.69) is 6.07 Å². The molecule has 17 heavy (non-hydrogen) atoms. The zero-order chi connectivity index (χ0) is 11.4. The van der Waals surface area contributed by atoms with Crippen molar-refractivity contribution < 1.29 is 42.4 Å². The maximum atomic E-state index is 10.4. The average Bonchev–Trinajstić information content (AvgIpc) is 2.31. The molecule has 0 amide bonds. The second-order valence-electron chi connectivity index (χ2n) is 3.08. The van der Waals surface area contributed by atoms with Gasteiger partial charge in [-0.1, -0.05) is 30.3 Å². The Kier molecular flexibility index (Phi) is 5.26. The predicted octanol–water partition coefficient (Wildman–Crippen LogP) is 3.18. The Labute approximate surface area is 124 Å². The molecule has 80 valence electrons. The maximum absolute atomic E-state index is 10.4. The summed E-state index contributed by atoms with van der Waals surface area (Å²) >= 11 is 0. The van der Waals surface area contributed by atoms with E-state index in [1.54, 1.807) is 18.2 Å². The molecule has 0 aliphatic heterocycles. The van der Waals surface area contributed by atoms with Gasteiger partial charge in [-0.15, -0.1) is 12.1 Å². The number of non-ortho nitro benzene ring substituents is 1. The zero-order valence-electron chi connectivity index (χ0n) is 8.87. The van der Waals surface area contributed by atoms with E-state index in [1.807, 2.05) is 18.2 Å². The van der Waals surface area contributed by atoms with Gasteiger partial charge in [0.2, 0.25) is 0 Å². The summed E-state index contributed by atoms with van der Waals surface area (Å²) in [4.78, 5) is 9.91. The minimum absolute atomic E-state index is 0. The first-order valence-corrected chi connectivity index (χ1v) is 4.65. The fourth-order valence-electron chi connectivity index (χ4n) is 1.20. The molecule has 2 aromatic carbocycles. The molecule has 0 saturated carbocycles. The van der Waals surface area contributed by atoms with Crippen molar-refractivity contribution in [3.05, 3.63) is 64.7 Å². The second kappa shape index (κ2) is 6.47. The molecule has 0 fully saturated rings. The maximum Gasteiger partial charge on any atom is 3.00 e. The number of benzene rings is 2. The molecule has 0 radical (unpaired) electrons. The van der Waals surface area contributed by atoms with Gasteiger partial charge in [0.25, 0.3) is 0 Å². The number of nitro benzene ring substituents is 1. The summed E-state index contributed by atoms with van der Waals surface area (Å²) in [6, 6.07) is 16.1. The van der Waals surface area contributed by atoms with Crippen LogP contribution in [0.3, 0.4) is 0 Å². The van der Waals surface area contributed by atoms with Crippen molar-refractivity contribution in [3.8, 4) is 11.5 Å². The molecule has 0 heterocycles. The summed E-state index contributed by atoms with van der Waals surface area (Å²) in [5, 5.41) is 10.4. The summed E-state index contributed by atoms with van der Waals surface area (Å²) in [7, 11) is 0. The first-order valence-electron chi connectivity index (χ1n) is 4.65. The van der Waals surface area contributed by atoms with E-state index in [-0.39, 0.29) is 38.4 Å². The molecule has 0 spiro atoms. The van der Waals surface area contributed by atoms with Crippen LogP contribution in [0.5, 0.6) is 11.5 Å². The van der Waals surface area contributed by atoms with E-state index in [0.717, 1.165) is 0 Å². The van der Waals surface area contributed by atoms with Crippen molar-refractivity contribution in [2.75, 3.05) is 0 Å². The molecule has 0 unspecified atom stereocenters. The van der Waals surface area contributed by atoms with Crippen molar-refractivity contribution in [1.82, 2.24) is 0 Å². The first kappa shape index (κ1) is 13.8. The smallest absolute Gasteiger partial charge is 0.517 e. The molecule has 0 aromatic heterocycles. The number of rotatable bonds is 3. The molecule has 0 N–H and O–H groups in total. The van der Waals surface area contributed by atoms with E-state index in [9.17, 15) is 10.1 Å². The minimum atomic E-state index is -0.494. The summed E-state index contributed by atoms with van der Waals surface area (Å²) in [6.07, 6.45) is 0. The Hall–Kier alpha value is -1.26. The van der Waals surface area contributed by atoms with Crippen molar-refractivity contribution >= 4 is 5.69 Å². The van der Waals surface area contributed by atoms with Crippen molar-refractivity contribution in [2.24, 2.45) is 0 Å². The number of para-hydroxylation sites is 1. The number of hydrogen-bond donors (Lipinski definition) is 0. The van der Waals surface area contributed by atoms with Crippen LogP contribution in [-0.2, 0) is 32.7 Å². The molecular formula is C12H8NO3Y+2. The normalized spacial score (nSPS) is 9.18. The van der Waals surface area contributed by atoms with E-state index < -0.39 is 4.92 Å². The van der Waals surface area contributed by atoms with Gasteiger partial charge < -0.3 is 4.74 Å². The van der Waals surface area contributed by atoms with Crippen LogP contribution in [0.2, 0.25) is 0 Å². The standard InChI is InChI=1S/C12H8NO3.Y/c14-13(15)10-6-8-12(9-7-10)16-11-4-2-1-3-5-11;/h1-6,8-9H;/q-1;+3. The van der Waals surface area contributed by atoms with Gasteiger partial charge in [-0.2, -0.15) is 0 Å². The van der Waals surface area contributed by atoms with Gasteiger partial charge >= 0.3 is 32.7 Å². The third-order valence-electron chi connectivity index (χ3n) is 1.94. The molecule has 5 heteroatoms. The average molecular weight is 303 g/mol. The predicted molar refractivity (Wildman–Crippen MR) is 58.4 cm³/mol. The fraction of sp³-hybridized carbons (Fsp3) is 0. The molecule has 2 rings (SSSR count). The Balaban J connectivity index is 0.00000144. The Morgan fingerprint density at radius 3 is 2.29 bits per heavy atom. The van der Waals surface area contributed by atoms with Crippen LogP contribution in [0.4, 0.5) is 5.69 Å². The first-order chi connectivity index (χ1) is 7.75. The van der Waals surface area contributed by atoms with Crippen molar-refractivity contribution in [1.29, 1.82) is 0 Å². The molecule has 0 saturated heterocycles. The van der Waals surface area contributed by atoms with Gasteiger partial charge in [0.1, 0.15) is 5.75 Å². The van der Waals surface area contributed by atoms with Gasteiger partial charge in [-0.05, 0) is 12.1 Å². The number of nitro groups is 1. The van der Waals surface area contributed by atoms with Gasteiger partial charge in [0, 0.05) is 10.7 Å². The molecular weight excluding hydrogens is 295 g/mol. The van der Waals surface area contributed by atoms with Crippen molar-refractivity contribution in [3.63, 3.8) is 0 Å². The molecule has 0 aliphatic carbocycles. The van der Waals surface area contributed by atoms with Crippen LogP contribution in [0.15, 0.2) is 48.5 Å². The molecule has 4 nitrogen and oxygen atoms in total. The largest absolute Gasteiger partial charge is 3.00 e. The van der Waals surface area contributed by atoms with Gasteiger partial charge in [0.15, 0.2) is 5.69 Å². The van der Waals surface area contributed by atoms with Gasteiger partial charge in [-0.3, -0.25) is 10.1 Å². The summed E-state index contributed by atoms with van der Waals surface area (Å²) < 4.78 is 5.46. The van der Waals surface area contributed by atoms with Crippen molar-refractivity contribution in [2.45, 2.75) is 0 Å². The second-order valence-corrected chi connectivity index (χ2v) is 3.08. The Morgan fingerprint density at radius 2 is 1.76 bits per heavy atom. The minimum Gasteiger partial charge on any atom is -0.517 e. The van der Waals surface area contributed by atoms with E-state index >= 15 is 0 Å².